The Bertz CT molecular complexity index is 928. The molecule has 1 heterocycles. The normalized spacial score (nSPS) is 10.4. The number of hydrogen-bond acceptors (Lipinski definition) is 4. The third-order valence-corrected chi connectivity index (χ3v) is 4.25. The van der Waals surface area contributed by atoms with Crippen molar-refractivity contribution in [1.29, 1.82) is 0 Å². The van der Waals surface area contributed by atoms with Gasteiger partial charge in [0.15, 0.2) is 5.82 Å². The Balaban J connectivity index is 1.55. The molecule has 1 aromatic heterocycles. The SMILES string of the molecule is COc1ccc(CCC(=O)Nc2ccc(C(=O)c3nccn3C)cc2)cc1. The summed E-state index contributed by atoms with van der Waals surface area (Å²) in [5.41, 5.74) is 2.26. The van der Waals surface area contributed by atoms with Crippen LogP contribution in [0, 0.1) is 0 Å². The van der Waals surface area contributed by atoms with Gasteiger partial charge in [-0.1, -0.05) is 12.1 Å². The average molecular weight is 363 g/mol. The Kier molecular flexibility index (Phi) is 5.66. The van der Waals surface area contributed by atoms with Crippen molar-refractivity contribution in [2.24, 2.45) is 7.05 Å². The minimum atomic E-state index is -0.153. The van der Waals surface area contributed by atoms with Crippen molar-refractivity contribution < 1.29 is 14.3 Å². The monoisotopic (exact) mass is 363 g/mol. The first-order valence-corrected chi connectivity index (χ1v) is 8.61. The van der Waals surface area contributed by atoms with Crippen molar-refractivity contribution in [1.82, 2.24) is 9.55 Å². The Morgan fingerprint density at radius 3 is 2.37 bits per heavy atom. The van der Waals surface area contributed by atoms with E-state index in [0.29, 0.717) is 29.9 Å². The van der Waals surface area contributed by atoms with Gasteiger partial charge in [0.2, 0.25) is 11.7 Å². The topological polar surface area (TPSA) is 73.2 Å². The van der Waals surface area contributed by atoms with Crippen LogP contribution in [0.2, 0.25) is 0 Å². The fourth-order valence-corrected chi connectivity index (χ4v) is 2.69. The van der Waals surface area contributed by atoms with E-state index in [2.05, 4.69) is 10.3 Å². The lowest BCUT2D eigenvalue weighted by molar-refractivity contribution is -0.116. The maximum atomic E-state index is 12.4. The second kappa shape index (κ2) is 8.31. The first-order valence-electron chi connectivity index (χ1n) is 8.61. The quantitative estimate of drug-likeness (QED) is 0.654. The molecular formula is C21H21N3O3. The van der Waals surface area contributed by atoms with Crippen molar-refractivity contribution in [2.45, 2.75) is 12.8 Å². The minimum absolute atomic E-state index is 0.0750. The van der Waals surface area contributed by atoms with Gasteiger partial charge in [-0.25, -0.2) is 4.98 Å². The summed E-state index contributed by atoms with van der Waals surface area (Å²) < 4.78 is 6.80. The standard InChI is InChI=1S/C21H21N3O3/c1-24-14-13-22-21(24)20(26)16-6-8-17(9-7-16)23-19(25)12-5-15-3-10-18(27-2)11-4-15/h3-4,6-11,13-14H,5,12H2,1-2H3,(H,23,25). The van der Waals surface area contributed by atoms with Gasteiger partial charge in [0.25, 0.3) is 0 Å². The molecule has 0 aliphatic carbocycles. The highest BCUT2D eigenvalue weighted by Crippen LogP contribution is 2.15. The number of rotatable bonds is 7. The van der Waals surface area contributed by atoms with E-state index >= 15 is 0 Å². The molecule has 0 aliphatic heterocycles. The molecule has 2 aromatic carbocycles. The van der Waals surface area contributed by atoms with Gasteiger partial charge in [0.1, 0.15) is 5.75 Å². The van der Waals surface area contributed by atoms with Crippen molar-refractivity contribution in [3.05, 3.63) is 77.9 Å². The van der Waals surface area contributed by atoms with Crippen LogP contribution in [0.5, 0.6) is 5.75 Å². The number of hydrogen-bond donors (Lipinski definition) is 1. The third kappa shape index (κ3) is 4.61. The van der Waals surface area contributed by atoms with Crippen LogP contribution in [0.15, 0.2) is 60.9 Å². The van der Waals surface area contributed by atoms with Crippen molar-refractivity contribution in [2.75, 3.05) is 12.4 Å². The molecule has 1 amide bonds. The van der Waals surface area contributed by atoms with Crippen molar-refractivity contribution in [3.63, 3.8) is 0 Å². The summed E-state index contributed by atoms with van der Waals surface area (Å²) in [6.07, 6.45) is 4.33. The molecule has 0 aliphatic rings. The molecule has 0 atom stereocenters. The van der Waals surface area contributed by atoms with Gasteiger partial charge < -0.3 is 14.6 Å². The summed E-state index contributed by atoms with van der Waals surface area (Å²) in [5, 5.41) is 2.85. The van der Waals surface area contributed by atoms with Crippen LogP contribution in [-0.4, -0.2) is 28.4 Å². The number of methoxy groups -OCH3 is 1. The number of aromatic nitrogens is 2. The first-order chi connectivity index (χ1) is 13.1. The average Bonchev–Trinajstić information content (AvgIpc) is 3.12. The summed E-state index contributed by atoms with van der Waals surface area (Å²) >= 11 is 0. The van der Waals surface area contributed by atoms with Crippen LogP contribution in [0.3, 0.4) is 0 Å². The second-order valence-electron chi connectivity index (χ2n) is 6.16. The van der Waals surface area contributed by atoms with E-state index in [-0.39, 0.29) is 11.7 Å². The van der Waals surface area contributed by atoms with Crippen LogP contribution in [0.4, 0.5) is 5.69 Å². The van der Waals surface area contributed by atoms with Crippen LogP contribution >= 0.6 is 0 Å². The number of benzene rings is 2. The van der Waals surface area contributed by atoms with Crippen LogP contribution in [0.1, 0.15) is 28.2 Å². The zero-order valence-electron chi connectivity index (χ0n) is 15.3. The highest BCUT2D eigenvalue weighted by molar-refractivity contribution is 6.07. The molecule has 0 fully saturated rings. The largest absolute Gasteiger partial charge is 0.497 e. The lowest BCUT2D eigenvalue weighted by Gasteiger charge is -2.07. The molecule has 1 N–H and O–H groups in total. The van der Waals surface area contributed by atoms with Gasteiger partial charge in [-0.3, -0.25) is 9.59 Å². The van der Waals surface area contributed by atoms with E-state index in [1.165, 1.54) is 0 Å². The number of imidazole rings is 1. The van der Waals surface area contributed by atoms with Crippen LogP contribution in [-0.2, 0) is 18.3 Å². The van der Waals surface area contributed by atoms with Gasteiger partial charge in [-0.15, -0.1) is 0 Å². The minimum Gasteiger partial charge on any atom is -0.497 e. The summed E-state index contributed by atoms with van der Waals surface area (Å²) in [4.78, 5) is 28.6. The fourth-order valence-electron chi connectivity index (χ4n) is 2.69. The van der Waals surface area contributed by atoms with Crippen LogP contribution in [0.25, 0.3) is 0 Å². The van der Waals surface area contributed by atoms with E-state index in [9.17, 15) is 9.59 Å². The second-order valence-corrected chi connectivity index (χ2v) is 6.16. The number of nitrogens with zero attached hydrogens (tertiary/aromatic N) is 2. The molecule has 27 heavy (non-hydrogen) atoms. The first kappa shape index (κ1) is 18.4. The van der Waals surface area contributed by atoms with Crippen molar-refractivity contribution >= 4 is 17.4 Å². The van der Waals surface area contributed by atoms with E-state index in [0.717, 1.165) is 11.3 Å². The molecule has 6 heteroatoms. The summed E-state index contributed by atoms with van der Waals surface area (Å²) in [6.45, 7) is 0. The van der Waals surface area contributed by atoms with Crippen molar-refractivity contribution in [3.8, 4) is 5.75 Å². The number of amides is 1. The Hall–Kier alpha value is -3.41. The number of anilines is 1. The Morgan fingerprint density at radius 2 is 1.78 bits per heavy atom. The lowest BCUT2D eigenvalue weighted by Crippen LogP contribution is -2.13. The molecule has 0 saturated heterocycles. The van der Waals surface area contributed by atoms with Gasteiger partial charge in [-0.2, -0.15) is 0 Å². The number of carbonyl (C=O) groups excluding carboxylic acids is 2. The molecule has 138 valence electrons. The third-order valence-electron chi connectivity index (χ3n) is 4.25. The number of nitrogens with one attached hydrogen (secondary N) is 1. The zero-order valence-corrected chi connectivity index (χ0v) is 15.3. The summed E-state index contributed by atoms with van der Waals surface area (Å²) in [7, 11) is 3.40. The van der Waals surface area contributed by atoms with E-state index < -0.39 is 0 Å². The number of aryl methyl sites for hydroxylation is 2. The van der Waals surface area contributed by atoms with Gasteiger partial charge >= 0.3 is 0 Å². The van der Waals surface area contributed by atoms with E-state index in [1.54, 1.807) is 55.4 Å². The molecule has 0 unspecified atom stereocenters. The van der Waals surface area contributed by atoms with Gasteiger partial charge in [0, 0.05) is 37.1 Å². The maximum Gasteiger partial charge on any atom is 0.228 e. The molecule has 0 bridgehead atoms. The predicted molar refractivity (Wildman–Crippen MR) is 103 cm³/mol. The molecule has 0 radical (unpaired) electrons. The maximum absolute atomic E-state index is 12.4. The van der Waals surface area contributed by atoms with E-state index in [4.69, 9.17) is 4.74 Å². The molecule has 3 rings (SSSR count). The molecule has 3 aromatic rings. The molecule has 0 saturated carbocycles. The van der Waals surface area contributed by atoms with E-state index in [1.807, 2.05) is 24.3 Å². The highest BCUT2D eigenvalue weighted by atomic mass is 16.5. The van der Waals surface area contributed by atoms with Gasteiger partial charge in [0.05, 0.1) is 7.11 Å². The highest BCUT2D eigenvalue weighted by Gasteiger charge is 2.13. The summed E-state index contributed by atoms with van der Waals surface area (Å²) in [5.74, 6) is 0.948. The molecular weight excluding hydrogens is 342 g/mol. The predicted octanol–water partition coefficient (Wildman–Crippen LogP) is 3.23. The molecule has 0 spiro atoms. The number of ether oxygens (including phenoxy) is 1. The molecule has 6 nitrogen and oxygen atoms in total. The smallest absolute Gasteiger partial charge is 0.228 e. The number of ketones is 1. The lowest BCUT2D eigenvalue weighted by atomic mass is 10.1. The summed E-state index contributed by atoms with van der Waals surface area (Å²) in [6, 6.07) is 14.5. The number of carbonyl (C=O) groups is 2. The zero-order chi connectivity index (χ0) is 19.2. The Labute approximate surface area is 157 Å². The van der Waals surface area contributed by atoms with Crippen LogP contribution < -0.4 is 10.1 Å². The Morgan fingerprint density at radius 1 is 1.07 bits per heavy atom. The fraction of sp³-hybridized carbons (Fsp3) is 0.190. The van der Waals surface area contributed by atoms with Gasteiger partial charge in [-0.05, 0) is 48.4 Å².